The minimum Gasteiger partial charge on any atom is -0.496 e. The van der Waals surface area contributed by atoms with Gasteiger partial charge in [-0.15, -0.1) is 0 Å². The van der Waals surface area contributed by atoms with Crippen LogP contribution < -0.4 is 10.5 Å². The van der Waals surface area contributed by atoms with Crippen molar-refractivity contribution in [3.05, 3.63) is 65.2 Å². The van der Waals surface area contributed by atoms with Crippen molar-refractivity contribution in [2.24, 2.45) is 5.73 Å². The second-order valence-electron chi connectivity index (χ2n) is 4.85. The number of carbonyl (C=O) groups is 1. The van der Waals surface area contributed by atoms with Crippen LogP contribution in [0.25, 0.3) is 0 Å². The Bertz CT molecular complexity index is 593. The maximum Gasteiger partial charge on any atom is 0.158 e. The predicted molar refractivity (Wildman–Crippen MR) is 79.8 cm³/mol. The van der Waals surface area contributed by atoms with Crippen molar-refractivity contribution in [3.63, 3.8) is 0 Å². The van der Waals surface area contributed by atoms with E-state index in [0.29, 0.717) is 0 Å². The Morgan fingerprint density at radius 1 is 1.20 bits per heavy atom. The highest BCUT2D eigenvalue weighted by Gasteiger charge is 2.17. The number of rotatable bonds is 5. The van der Waals surface area contributed by atoms with Gasteiger partial charge in [-0.2, -0.15) is 0 Å². The number of ketones is 1. The second-order valence-corrected chi connectivity index (χ2v) is 4.85. The molecule has 0 heterocycles. The number of ether oxygens (including phenoxy) is 1. The van der Waals surface area contributed by atoms with Gasteiger partial charge in [0.2, 0.25) is 0 Å². The van der Waals surface area contributed by atoms with Gasteiger partial charge in [-0.1, -0.05) is 48.0 Å². The molecule has 104 valence electrons. The van der Waals surface area contributed by atoms with Crippen molar-refractivity contribution in [1.82, 2.24) is 0 Å². The normalized spacial score (nSPS) is 11.9. The van der Waals surface area contributed by atoms with E-state index < -0.39 is 6.04 Å². The van der Waals surface area contributed by atoms with E-state index in [9.17, 15) is 4.79 Å². The Hall–Kier alpha value is -2.13. The zero-order valence-corrected chi connectivity index (χ0v) is 11.8. The van der Waals surface area contributed by atoms with E-state index in [0.717, 1.165) is 22.4 Å². The molecule has 0 saturated heterocycles. The summed E-state index contributed by atoms with van der Waals surface area (Å²) >= 11 is 0. The van der Waals surface area contributed by atoms with Crippen LogP contribution in [0.15, 0.2) is 48.5 Å². The van der Waals surface area contributed by atoms with Gasteiger partial charge >= 0.3 is 0 Å². The Kier molecular flexibility index (Phi) is 4.53. The highest BCUT2D eigenvalue weighted by molar-refractivity contribution is 5.87. The van der Waals surface area contributed by atoms with Crippen molar-refractivity contribution in [3.8, 4) is 5.75 Å². The van der Waals surface area contributed by atoms with Crippen molar-refractivity contribution in [2.75, 3.05) is 7.11 Å². The smallest absolute Gasteiger partial charge is 0.158 e. The van der Waals surface area contributed by atoms with Gasteiger partial charge in [0.25, 0.3) is 0 Å². The largest absolute Gasteiger partial charge is 0.496 e. The lowest BCUT2D eigenvalue weighted by Crippen LogP contribution is -2.23. The summed E-state index contributed by atoms with van der Waals surface area (Å²) in [5, 5.41) is 0. The average molecular weight is 269 g/mol. The van der Waals surface area contributed by atoms with Crippen molar-refractivity contribution in [2.45, 2.75) is 19.4 Å². The van der Waals surface area contributed by atoms with Crippen LogP contribution in [0.1, 0.15) is 22.7 Å². The second kappa shape index (κ2) is 6.35. The molecule has 0 fully saturated rings. The highest BCUT2D eigenvalue weighted by Crippen LogP contribution is 2.22. The molecule has 1 unspecified atom stereocenters. The molecule has 0 bridgehead atoms. The monoisotopic (exact) mass is 269 g/mol. The Morgan fingerprint density at radius 3 is 2.55 bits per heavy atom. The van der Waals surface area contributed by atoms with Gasteiger partial charge in [-0.3, -0.25) is 4.79 Å². The third kappa shape index (κ3) is 3.25. The molecule has 0 aromatic heterocycles. The third-order valence-electron chi connectivity index (χ3n) is 3.31. The number of Topliss-reactive ketones (excluding diaryl/α,β-unsaturated/α-hetero) is 1. The molecule has 0 aliphatic heterocycles. The maximum atomic E-state index is 12.3. The molecule has 0 saturated carbocycles. The van der Waals surface area contributed by atoms with Crippen LogP contribution >= 0.6 is 0 Å². The van der Waals surface area contributed by atoms with Crippen molar-refractivity contribution < 1.29 is 9.53 Å². The van der Waals surface area contributed by atoms with E-state index in [2.05, 4.69) is 0 Å². The van der Waals surface area contributed by atoms with Gasteiger partial charge in [0, 0.05) is 12.0 Å². The lowest BCUT2D eigenvalue weighted by atomic mass is 9.97. The van der Waals surface area contributed by atoms with Crippen molar-refractivity contribution in [1.29, 1.82) is 0 Å². The van der Waals surface area contributed by atoms with Crippen LogP contribution in [0.2, 0.25) is 0 Å². The Morgan fingerprint density at radius 2 is 1.90 bits per heavy atom. The van der Waals surface area contributed by atoms with Gasteiger partial charge in [-0.05, 0) is 18.6 Å². The summed E-state index contributed by atoms with van der Waals surface area (Å²) in [4.78, 5) is 12.3. The van der Waals surface area contributed by atoms with E-state index in [-0.39, 0.29) is 12.2 Å². The van der Waals surface area contributed by atoms with Gasteiger partial charge < -0.3 is 10.5 Å². The summed E-state index contributed by atoms with van der Waals surface area (Å²) < 4.78 is 5.29. The number of carbonyl (C=O) groups excluding carboxylic acids is 1. The first kappa shape index (κ1) is 14.3. The average Bonchev–Trinajstić information content (AvgIpc) is 2.47. The molecule has 1 atom stereocenters. The first-order chi connectivity index (χ1) is 9.61. The number of hydrogen-bond donors (Lipinski definition) is 1. The fraction of sp³-hybridized carbons (Fsp3) is 0.235. The minimum absolute atomic E-state index is 0.0138. The van der Waals surface area contributed by atoms with E-state index >= 15 is 0 Å². The molecule has 3 heteroatoms. The van der Waals surface area contributed by atoms with Crippen LogP contribution in [0.4, 0.5) is 0 Å². The van der Waals surface area contributed by atoms with E-state index in [1.165, 1.54) is 0 Å². The highest BCUT2D eigenvalue weighted by atomic mass is 16.5. The molecule has 2 aromatic carbocycles. The molecule has 0 aliphatic carbocycles. The third-order valence-corrected chi connectivity index (χ3v) is 3.31. The zero-order valence-electron chi connectivity index (χ0n) is 11.8. The zero-order chi connectivity index (χ0) is 14.5. The molecule has 0 aliphatic rings. The number of methoxy groups -OCH3 is 1. The lowest BCUT2D eigenvalue weighted by molar-refractivity contribution is -0.119. The fourth-order valence-corrected chi connectivity index (χ4v) is 2.19. The summed E-state index contributed by atoms with van der Waals surface area (Å²) in [7, 11) is 1.61. The quantitative estimate of drug-likeness (QED) is 0.908. The first-order valence-electron chi connectivity index (χ1n) is 6.58. The number of hydrogen-bond acceptors (Lipinski definition) is 3. The van der Waals surface area contributed by atoms with Crippen molar-refractivity contribution >= 4 is 5.78 Å². The van der Waals surface area contributed by atoms with Crippen LogP contribution in [0, 0.1) is 6.92 Å². The molecular weight excluding hydrogens is 250 g/mol. The van der Waals surface area contributed by atoms with Crippen LogP contribution in [0.5, 0.6) is 5.75 Å². The molecular formula is C17H19NO2. The number of nitrogens with two attached hydrogens (primary N) is 1. The number of benzene rings is 2. The minimum atomic E-state index is -0.596. The summed E-state index contributed by atoms with van der Waals surface area (Å²) in [6.45, 7) is 1.99. The van der Waals surface area contributed by atoms with Gasteiger partial charge in [0.05, 0.1) is 13.2 Å². The molecule has 0 spiro atoms. The molecule has 2 N–H and O–H groups in total. The molecule has 0 radical (unpaired) electrons. The standard InChI is InChI=1S/C17H19NO2/c1-12-8-9-16(20-2)14(10-12)11-15(19)17(18)13-6-4-3-5-7-13/h3-10,17H,11,18H2,1-2H3. The molecule has 2 aromatic rings. The summed E-state index contributed by atoms with van der Waals surface area (Å²) in [5.41, 5.74) is 8.84. The van der Waals surface area contributed by atoms with Gasteiger partial charge in [-0.25, -0.2) is 0 Å². The molecule has 3 nitrogen and oxygen atoms in total. The van der Waals surface area contributed by atoms with Crippen LogP contribution in [-0.2, 0) is 11.2 Å². The first-order valence-corrected chi connectivity index (χ1v) is 6.58. The summed E-state index contributed by atoms with van der Waals surface area (Å²) in [6.07, 6.45) is 0.279. The van der Waals surface area contributed by atoms with E-state index in [1.54, 1.807) is 7.11 Å². The summed E-state index contributed by atoms with van der Waals surface area (Å²) in [5.74, 6) is 0.712. The van der Waals surface area contributed by atoms with Crippen LogP contribution in [0.3, 0.4) is 0 Å². The Labute approximate surface area is 119 Å². The van der Waals surface area contributed by atoms with Crippen LogP contribution in [-0.4, -0.2) is 12.9 Å². The SMILES string of the molecule is COc1ccc(C)cc1CC(=O)C(N)c1ccccc1. The van der Waals surface area contributed by atoms with Gasteiger partial charge in [0.1, 0.15) is 5.75 Å². The number of aryl methyl sites for hydroxylation is 1. The summed E-state index contributed by atoms with van der Waals surface area (Å²) in [6, 6.07) is 14.6. The molecule has 2 rings (SSSR count). The fourth-order valence-electron chi connectivity index (χ4n) is 2.19. The lowest BCUT2D eigenvalue weighted by Gasteiger charge is -2.13. The van der Waals surface area contributed by atoms with Gasteiger partial charge in [0.15, 0.2) is 5.78 Å². The topological polar surface area (TPSA) is 52.3 Å². The maximum absolute atomic E-state index is 12.3. The van der Waals surface area contributed by atoms with E-state index in [4.69, 9.17) is 10.5 Å². The van der Waals surface area contributed by atoms with E-state index in [1.807, 2.05) is 55.5 Å². The Balaban J connectivity index is 2.18. The molecule has 0 amide bonds. The molecule has 20 heavy (non-hydrogen) atoms. The predicted octanol–water partition coefficient (Wildman–Crippen LogP) is 2.82.